The molecule has 0 saturated heterocycles. The van der Waals surface area contributed by atoms with Gasteiger partial charge >= 0.3 is 5.51 Å². The fourth-order valence-electron chi connectivity index (χ4n) is 1.31. The Hall–Kier alpha value is -0.680. The molecule has 0 aliphatic rings. The van der Waals surface area contributed by atoms with Crippen molar-refractivity contribution in [2.24, 2.45) is 0 Å². The molecule has 0 bridgehead atoms. The van der Waals surface area contributed by atoms with Crippen molar-refractivity contribution in [2.75, 3.05) is 0 Å². The van der Waals surface area contributed by atoms with E-state index in [4.69, 9.17) is 0 Å². The molecule has 0 aliphatic heterocycles. The number of halogens is 3. The van der Waals surface area contributed by atoms with Crippen molar-refractivity contribution >= 4 is 11.8 Å². The number of hydrogen-bond donors (Lipinski definition) is 1. The smallest absolute Gasteiger partial charge is 0.390 e. The van der Waals surface area contributed by atoms with Gasteiger partial charge in [-0.25, -0.2) is 0 Å². The average Bonchev–Trinajstić information content (AvgIpc) is 2.03. The number of benzene rings is 1. The maximum Gasteiger partial charge on any atom is 0.446 e. The Labute approximate surface area is 96.7 Å². The second-order valence-electron chi connectivity index (χ2n) is 4.18. The van der Waals surface area contributed by atoms with E-state index in [1.54, 1.807) is 26.0 Å². The van der Waals surface area contributed by atoms with Crippen LogP contribution in [0, 0.1) is 0 Å². The fourth-order valence-corrected chi connectivity index (χ4v) is 1.85. The van der Waals surface area contributed by atoms with Crippen LogP contribution in [0.1, 0.15) is 19.4 Å². The molecule has 90 valence electrons. The predicted octanol–water partition coefficient (Wildman–Crippen LogP) is 3.61. The van der Waals surface area contributed by atoms with Gasteiger partial charge in [-0.2, -0.15) is 13.2 Å². The number of hydrogen-bond acceptors (Lipinski definition) is 2. The van der Waals surface area contributed by atoms with Crippen LogP contribution in [0.2, 0.25) is 0 Å². The van der Waals surface area contributed by atoms with Gasteiger partial charge in [-0.15, -0.1) is 0 Å². The van der Waals surface area contributed by atoms with Crippen LogP contribution in [0.4, 0.5) is 13.2 Å². The minimum atomic E-state index is -4.25. The summed E-state index contributed by atoms with van der Waals surface area (Å²) < 4.78 is 36.1. The van der Waals surface area contributed by atoms with Crippen LogP contribution in [-0.2, 0) is 6.42 Å². The summed E-state index contributed by atoms with van der Waals surface area (Å²) in [4.78, 5) is 0.159. The Balaban J connectivity index is 2.69. The van der Waals surface area contributed by atoms with Crippen LogP contribution in [0.15, 0.2) is 29.2 Å². The highest BCUT2D eigenvalue weighted by molar-refractivity contribution is 8.00. The van der Waals surface area contributed by atoms with E-state index in [-0.39, 0.29) is 16.7 Å². The second-order valence-corrected chi connectivity index (χ2v) is 5.32. The van der Waals surface area contributed by atoms with Crippen molar-refractivity contribution in [1.29, 1.82) is 0 Å². The van der Waals surface area contributed by atoms with E-state index in [0.29, 0.717) is 6.42 Å². The van der Waals surface area contributed by atoms with Crippen molar-refractivity contribution in [3.8, 4) is 0 Å². The van der Waals surface area contributed by atoms with Crippen LogP contribution in [0.25, 0.3) is 0 Å². The molecule has 0 radical (unpaired) electrons. The first kappa shape index (κ1) is 13.4. The van der Waals surface area contributed by atoms with Crippen LogP contribution >= 0.6 is 11.8 Å². The number of aliphatic hydroxyl groups is 1. The molecular weight excluding hydrogens is 237 g/mol. The molecule has 0 saturated carbocycles. The predicted molar refractivity (Wildman–Crippen MR) is 58.4 cm³/mol. The van der Waals surface area contributed by atoms with Crippen LogP contribution in [0.3, 0.4) is 0 Å². The molecule has 0 spiro atoms. The molecule has 0 amide bonds. The Morgan fingerprint density at radius 2 is 1.62 bits per heavy atom. The van der Waals surface area contributed by atoms with Gasteiger partial charge in [0.25, 0.3) is 0 Å². The van der Waals surface area contributed by atoms with Crippen molar-refractivity contribution in [1.82, 2.24) is 0 Å². The van der Waals surface area contributed by atoms with Crippen LogP contribution in [-0.4, -0.2) is 16.2 Å². The molecule has 0 unspecified atom stereocenters. The van der Waals surface area contributed by atoms with Crippen molar-refractivity contribution in [3.63, 3.8) is 0 Å². The van der Waals surface area contributed by atoms with E-state index in [9.17, 15) is 18.3 Å². The van der Waals surface area contributed by atoms with E-state index in [2.05, 4.69) is 0 Å². The lowest BCUT2D eigenvalue weighted by Crippen LogP contribution is -2.21. The highest BCUT2D eigenvalue weighted by atomic mass is 32.2. The molecule has 0 atom stereocenters. The SMILES string of the molecule is CC(C)(O)Cc1ccc(SC(F)(F)F)cc1. The lowest BCUT2D eigenvalue weighted by atomic mass is 9.99. The number of thioether (sulfide) groups is 1. The zero-order valence-electron chi connectivity index (χ0n) is 9.01. The van der Waals surface area contributed by atoms with Gasteiger partial charge in [-0.05, 0) is 43.3 Å². The number of alkyl halides is 3. The van der Waals surface area contributed by atoms with Gasteiger partial charge in [0, 0.05) is 11.3 Å². The Morgan fingerprint density at radius 3 is 2.00 bits per heavy atom. The molecule has 0 fully saturated rings. The maximum atomic E-state index is 12.0. The normalized spacial score (nSPS) is 12.9. The van der Waals surface area contributed by atoms with E-state index in [0.717, 1.165) is 5.56 Å². The lowest BCUT2D eigenvalue weighted by molar-refractivity contribution is -0.0328. The van der Waals surface area contributed by atoms with Gasteiger partial charge in [-0.1, -0.05) is 12.1 Å². The summed E-state index contributed by atoms with van der Waals surface area (Å²) in [6.45, 7) is 3.32. The third kappa shape index (κ3) is 5.42. The molecule has 5 heteroatoms. The van der Waals surface area contributed by atoms with Gasteiger partial charge < -0.3 is 5.11 Å². The van der Waals surface area contributed by atoms with Crippen LogP contribution < -0.4 is 0 Å². The van der Waals surface area contributed by atoms with E-state index in [1.165, 1.54) is 12.1 Å². The Kier molecular flexibility index (Phi) is 3.91. The quantitative estimate of drug-likeness (QED) is 0.827. The maximum absolute atomic E-state index is 12.0. The van der Waals surface area contributed by atoms with Gasteiger partial charge in [-0.3, -0.25) is 0 Å². The summed E-state index contributed by atoms with van der Waals surface area (Å²) in [6.07, 6.45) is 0.421. The van der Waals surface area contributed by atoms with Gasteiger partial charge in [0.2, 0.25) is 0 Å². The molecule has 1 rings (SSSR count). The molecule has 1 N–H and O–H groups in total. The third-order valence-electron chi connectivity index (χ3n) is 1.79. The van der Waals surface area contributed by atoms with Crippen molar-refractivity contribution < 1.29 is 18.3 Å². The van der Waals surface area contributed by atoms with Gasteiger partial charge in [0.15, 0.2) is 0 Å². The first-order valence-corrected chi connectivity index (χ1v) is 5.54. The molecule has 0 aromatic heterocycles. The number of rotatable bonds is 3. The van der Waals surface area contributed by atoms with Crippen LogP contribution in [0.5, 0.6) is 0 Å². The van der Waals surface area contributed by atoms with E-state index in [1.807, 2.05) is 0 Å². The second kappa shape index (κ2) is 4.67. The first-order valence-electron chi connectivity index (χ1n) is 4.73. The first-order chi connectivity index (χ1) is 7.16. The summed E-state index contributed by atoms with van der Waals surface area (Å²) in [6, 6.07) is 6.04. The summed E-state index contributed by atoms with van der Waals surface area (Å²) in [5.74, 6) is 0. The van der Waals surface area contributed by atoms with Gasteiger partial charge in [0.1, 0.15) is 0 Å². The summed E-state index contributed by atoms with van der Waals surface area (Å²) >= 11 is -0.135. The molecule has 1 nitrogen and oxygen atoms in total. The third-order valence-corrected chi connectivity index (χ3v) is 2.53. The zero-order valence-corrected chi connectivity index (χ0v) is 9.82. The highest BCUT2D eigenvalue weighted by Crippen LogP contribution is 2.36. The van der Waals surface area contributed by atoms with Crippen molar-refractivity contribution in [3.05, 3.63) is 29.8 Å². The largest absolute Gasteiger partial charge is 0.446 e. The van der Waals surface area contributed by atoms with E-state index < -0.39 is 11.1 Å². The summed E-state index contributed by atoms with van der Waals surface area (Å²) in [5, 5.41) is 9.54. The van der Waals surface area contributed by atoms with E-state index >= 15 is 0 Å². The Morgan fingerprint density at radius 1 is 1.12 bits per heavy atom. The van der Waals surface area contributed by atoms with Crippen molar-refractivity contribution in [2.45, 2.75) is 36.3 Å². The zero-order chi connectivity index (χ0) is 12.4. The molecule has 16 heavy (non-hydrogen) atoms. The minimum Gasteiger partial charge on any atom is -0.390 e. The lowest BCUT2D eigenvalue weighted by Gasteiger charge is -2.17. The standard InChI is InChI=1S/C11H13F3OS/c1-10(2,15)7-8-3-5-9(6-4-8)16-11(12,13)14/h3-6,15H,7H2,1-2H3. The average molecular weight is 250 g/mol. The molecule has 1 aromatic carbocycles. The fraction of sp³-hybridized carbons (Fsp3) is 0.455. The topological polar surface area (TPSA) is 20.2 Å². The highest BCUT2D eigenvalue weighted by Gasteiger charge is 2.29. The van der Waals surface area contributed by atoms with Gasteiger partial charge in [0.05, 0.1) is 5.60 Å². The monoisotopic (exact) mass is 250 g/mol. The molecular formula is C11H13F3OS. The Bertz CT molecular complexity index is 303. The molecule has 0 heterocycles. The molecule has 0 aliphatic carbocycles. The minimum absolute atomic E-state index is 0.135. The summed E-state index contributed by atoms with van der Waals surface area (Å²) in [7, 11) is 0. The summed E-state index contributed by atoms with van der Waals surface area (Å²) in [5.41, 5.74) is -4.28. The molecule has 1 aromatic rings.